The lowest BCUT2D eigenvalue weighted by Crippen LogP contribution is -1.99. The fourth-order valence-corrected chi connectivity index (χ4v) is 3.00. The fourth-order valence-electron chi connectivity index (χ4n) is 2.78. The molecule has 1 heterocycles. The lowest BCUT2D eigenvalue weighted by atomic mass is 10.2. The zero-order valence-corrected chi connectivity index (χ0v) is 15.9. The standard InChI is InChI=1S/C22H17ClN4O/c1-28-16-12-10-15(11-13-16)14-24-27-22-18-7-3-5-9-20(18)25-21(26-22)17-6-2-4-8-19(17)23/h2-14H,1H3,(H,25,26,27)/b24-14+. The van der Waals surface area contributed by atoms with Crippen LogP contribution in [0.1, 0.15) is 5.56 Å². The predicted octanol–water partition coefficient (Wildman–Crippen LogP) is 5.40. The molecule has 5 nitrogen and oxygen atoms in total. The molecule has 0 aliphatic rings. The summed E-state index contributed by atoms with van der Waals surface area (Å²) < 4.78 is 5.17. The van der Waals surface area contributed by atoms with Crippen molar-refractivity contribution in [2.75, 3.05) is 12.5 Å². The zero-order valence-electron chi connectivity index (χ0n) is 15.1. The van der Waals surface area contributed by atoms with Gasteiger partial charge in [-0.15, -0.1) is 0 Å². The molecule has 0 unspecified atom stereocenters. The molecule has 0 spiro atoms. The SMILES string of the molecule is COc1ccc(/C=N/Nc2nc(-c3ccccc3Cl)nc3ccccc23)cc1. The lowest BCUT2D eigenvalue weighted by molar-refractivity contribution is 0.415. The molecule has 0 atom stereocenters. The Balaban J connectivity index is 1.69. The zero-order chi connectivity index (χ0) is 19.3. The lowest BCUT2D eigenvalue weighted by Gasteiger charge is -2.09. The minimum absolute atomic E-state index is 0.548. The highest BCUT2D eigenvalue weighted by Gasteiger charge is 2.11. The number of benzene rings is 3. The van der Waals surface area contributed by atoms with Crippen molar-refractivity contribution in [3.8, 4) is 17.1 Å². The Kier molecular flexibility index (Phi) is 5.17. The third kappa shape index (κ3) is 3.80. The van der Waals surface area contributed by atoms with E-state index in [1.807, 2.05) is 72.8 Å². The van der Waals surface area contributed by atoms with Crippen LogP contribution in [0.2, 0.25) is 5.02 Å². The first-order valence-electron chi connectivity index (χ1n) is 8.69. The second kappa shape index (κ2) is 8.06. The van der Waals surface area contributed by atoms with Crippen molar-refractivity contribution in [2.45, 2.75) is 0 Å². The van der Waals surface area contributed by atoms with Gasteiger partial charge in [0.05, 0.1) is 23.9 Å². The van der Waals surface area contributed by atoms with Gasteiger partial charge in [-0.2, -0.15) is 5.10 Å². The van der Waals surface area contributed by atoms with Gasteiger partial charge in [0.25, 0.3) is 0 Å². The summed E-state index contributed by atoms with van der Waals surface area (Å²) in [6.45, 7) is 0. The van der Waals surface area contributed by atoms with Crippen LogP contribution >= 0.6 is 11.6 Å². The summed E-state index contributed by atoms with van der Waals surface area (Å²) in [5.74, 6) is 1.97. The number of rotatable bonds is 5. The topological polar surface area (TPSA) is 59.4 Å². The van der Waals surface area contributed by atoms with Crippen LogP contribution < -0.4 is 10.2 Å². The highest BCUT2D eigenvalue weighted by molar-refractivity contribution is 6.33. The largest absolute Gasteiger partial charge is 0.497 e. The number of ether oxygens (including phenoxy) is 1. The van der Waals surface area contributed by atoms with E-state index >= 15 is 0 Å². The van der Waals surface area contributed by atoms with Crippen molar-refractivity contribution in [2.24, 2.45) is 5.10 Å². The Hall–Kier alpha value is -3.44. The van der Waals surface area contributed by atoms with E-state index in [1.54, 1.807) is 13.3 Å². The van der Waals surface area contributed by atoms with Crippen molar-refractivity contribution < 1.29 is 4.74 Å². The van der Waals surface area contributed by atoms with E-state index in [1.165, 1.54) is 0 Å². The highest BCUT2D eigenvalue weighted by atomic mass is 35.5. The first-order chi connectivity index (χ1) is 13.7. The van der Waals surface area contributed by atoms with Gasteiger partial charge in [0.2, 0.25) is 0 Å². The van der Waals surface area contributed by atoms with Gasteiger partial charge in [0.15, 0.2) is 11.6 Å². The normalized spacial score (nSPS) is 11.1. The molecular weight excluding hydrogens is 372 g/mol. The molecule has 28 heavy (non-hydrogen) atoms. The van der Waals surface area contributed by atoms with Gasteiger partial charge in [-0.1, -0.05) is 35.9 Å². The second-order valence-electron chi connectivity index (χ2n) is 6.04. The summed E-state index contributed by atoms with van der Waals surface area (Å²) >= 11 is 6.33. The molecule has 4 aromatic rings. The summed E-state index contributed by atoms with van der Waals surface area (Å²) in [5, 5.41) is 5.82. The molecule has 1 aromatic heterocycles. The number of methoxy groups -OCH3 is 1. The number of hydrogen-bond donors (Lipinski definition) is 1. The summed E-state index contributed by atoms with van der Waals surface area (Å²) in [4.78, 5) is 9.30. The fraction of sp³-hybridized carbons (Fsp3) is 0.0455. The van der Waals surface area contributed by atoms with Crippen molar-refractivity contribution in [1.29, 1.82) is 0 Å². The Morgan fingerprint density at radius 2 is 1.68 bits per heavy atom. The molecule has 4 rings (SSSR count). The van der Waals surface area contributed by atoms with E-state index in [0.29, 0.717) is 16.7 Å². The average molecular weight is 389 g/mol. The number of nitrogens with one attached hydrogen (secondary N) is 1. The number of hydrogen-bond acceptors (Lipinski definition) is 5. The molecule has 6 heteroatoms. The number of nitrogens with zero attached hydrogens (tertiary/aromatic N) is 3. The van der Waals surface area contributed by atoms with Gasteiger partial charge in [-0.3, -0.25) is 5.43 Å². The Morgan fingerprint density at radius 3 is 2.46 bits per heavy atom. The molecule has 0 fully saturated rings. The Bertz CT molecular complexity index is 1140. The molecule has 0 aliphatic carbocycles. The van der Waals surface area contributed by atoms with Crippen LogP contribution in [0.4, 0.5) is 5.82 Å². The van der Waals surface area contributed by atoms with Crippen molar-refractivity contribution in [3.63, 3.8) is 0 Å². The number of anilines is 1. The second-order valence-corrected chi connectivity index (χ2v) is 6.44. The summed E-state index contributed by atoms with van der Waals surface area (Å²) in [6, 6.07) is 22.9. The minimum Gasteiger partial charge on any atom is -0.497 e. The van der Waals surface area contributed by atoms with Gasteiger partial charge in [-0.25, -0.2) is 9.97 Å². The molecule has 138 valence electrons. The maximum Gasteiger partial charge on any atom is 0.163 e. The average Bonchev–Trinajstić information content (AvgIpc) is 2.74. The van der Waals surface area contributed by atoms with Crippen LogP contribution in [0.5, 0.6) is 5.75 Å². The van der Waals surface area contributed by atoms with E-state index in [-0.39, 0.29) is 0 Å². The quantitative estimate of drug-likeness (QED) is 0.367. The number of fused-ring (bicyclic) bond motifs is 1. The predicted molar refractivity (Wildman–Crippen MR) is 114 cm³/mol. The van der Waals surface area contributed by atoms with Gasteiger partial charge >= 0.3 is 0 Å². The number of halogens is 1. The van der Waals surface area contributed by atoms with Crippen LogP contribution in [0.15, 0.2) is 77.9 Å². The van der Waals surface area contributed by atoms with Crippen LogP contribution in [0, 0.1) is 0 Å². The molecule has 3 aromatic carbocycles. The van der Waals surface area contributed by atoms with E-state index in [4.69, 9.17) is 16.3 Å². The molecule has 1 N–H and O–H groups in total. The minimum atomic E-state index is 0.548. The summed E-state index contributed by atoms with van der Waals surface area (Å²) in [7, 11) is 1.64. The van der Waals surface area contributed by atoms with Crippen LogP contribution in [-0.4, -0.2) is 23.3 Å². The number of para-hydroxylation sites is 1. The van der Waals surface area contributed by atoms with Crippen molar-refractivity contribution in [3.05, 3.63) is 83.4 Å². The van der Waals surface area contributed by atoms with Crippen LogP contribution in [0.3, 0.4) is 0 Å². The first-order valence-corrected chi connectivity index (χ1v) is 9.07. The molecule has 0 saturated heterocycles. The molecular formula is C22H17ClN4O. The van der Waals surface area contributed by atoms with Gasteiger partial charge in [0.1, 0.15) is 5.75 Å². The van der Waals surface area contributed by atoms with E-state index < -0.39 is 0 Å². The Labute approximate surface area is 167 Å². The highest BCUT2D eigenvalue weighted by Crippen LogP contribution is 2.29. The van der Waals surface area contributed by atoms with Crippen LogP contribution in [0.25, 0.3) is 22.3 Å². The van der Waals surface area contributed by atoms with Crippen LogP contribution in [-0.2, 0) is 0 Å². The Morgan fingerprint density at radius 1 is 0.929 bits per heavy atom. The number of hydrazone groups is 1. The van der Waals surface area contributed by atoms with Gasteiger partial charge in [-0.05, 0) is 54.1 Å². The monoisotopic (exact) mass is 388 g/mol. The third-order valence-corrected chi connectivity index (χ3v) is 4.55. The maximum atomic E-state index is 6.33. The third-order valence-electron chi connectivity index (χ3n) is 4.22. The molecule has 0 aliphatic heterocycles. The van der Waals surface area contributed by atoms with E-state index in [0.717, 1.165) is 27.8 Å². The summed E-state index contributed by atoms with van der Waals surface area (Å²) in [5.41, 5.74) is 5.57. The summed E-state index contributed by atoms with van der Waals surface area (Å²) in [6.07, 6.45) is 1.73. The smallest absolute Gasteiger partial charge is 0.163 e. The van der Waals surface area contributed by atoms with Crippen molar-refractivity contribution >= 4 is 34.5 Å². The molecule has 0 bridgehead atoms. The van der Waals surface area contributed by atoms with E-state index in [9.17, 15) is 0 Å². The number of aromatic nitrogens is 2. The molecule has 0 saturated carbocycles. The van der Waals surface area contributed by atoms with Gasteiger partial charge in [0, 0.05) is 10.9 Å². The van der Waals surface area contributed by atoms with Gasteiger partial charge < -0.3 is 4.74 Å². The van der Waals surface area contributed by atoms with Crippen molar-refractivity contribution in [1.82, 2.24) is 9.97 Å². The molecule has 0 amide bonds. The van der Waals surface area contributed by atoms with E-state index in [2.05, 4.69) is 20.5 Å². The maximum absolute atomic E-state index is 6.33. The molecule has 0 radical (unpaired) electrons. The first kappa shape index (κ1) is 17.9.